The van der Waals surface area contributed by atoms with E-state index in [-0.39, 0.29) is 12.6 Å². The molecule has 0 bridgehead atoms. The molecule has 1 aliphatic heterocycles. The molecule has 2 aromatic rings. The van der Waals surface area contributed by atoms with E-state index in [9.17, 15) is 4.79 Å². The van der Waals surface area contributed by atoms with Crippen molar-refractivity contribution in [3.8, 4) is 5.75 Å². The number of hydrogen-bond donors (Lipinski definition) is 0. The van der Waals surface area contributed by atoms with Gasteiger partial charge in [0.05, 0.1) is 19.8 Å². The fourth-order valence-electron chi connectivity index (χ4n) is 3.03. The molecule has 0 spiro atoms. The highest BCUT2D eigenvalue weighted by Crippen LogP contribution is 2.37. The highest BCUT2D eigenvalue weighted by Gasteiger charge is 2.43. The lowest BCUT2D eigenvalue weighted by atomic mass is 9.88. The Hall–Kier alpha value is -1.89. The first-order valence-electron chi connectivity index (χ1n) is 8.88. The summed E-state index contributed by atoms with van der Waals surface area (Å²) in [5.74, 6) is 0.424. The van der Waals surface area contributed by atoms with Gasteiger partial charge in [0, 0.05) is 4.47 Å². The maximum Gasteiger partial charge on any atom is 0.332 e. The molecular weight excluding hydrogens is 412 g/mol. The molecule has 0 aromatic heterocycles. The number of ether oxygens (including phenoxy) is 4. The second kappa shape index (κ2) is 8.87. The maximum absolute atomic E-state index is 11.6. The lowest BCUT2D eigenvalue weighted by Crippen LogP contribution is -2.50. The Morgan fingerprint density at radius 2 is 2.04 bits per heavy atom. The van der Waals surface area contributed by atoms with Crippen LogP contribution in [-0.4, -0.2) is 32.4 Å². The molecule has 0 unspecified atom stereocenters. The number of esters is 1. The molecule has 6 heteroatoms. The van der Waals surface area contributed by atoms with Crippen molar-refractivity contribution in [3.05, 3.63) is 63.6 Å². The van der Waals surface area contributed by atoms with E-state index in [4.69, 9.17) is 18.9 Å². The number of carbonyl (C=O) groups excluding carboxylic acids is 1. The summed E-state index contributed by atoms with van der Waals surface area (Å²) in [6, 6.07) is 13.9. The number of carbonyl (C=O) groups is 1. The van der Waals surface area contributed by atoms with Gasteiger partial charge in [0.25, 0.3) is 0 Å². The normalized spacial score (nSPS) is 15.1. The predicted octanol–water partition coefficient (Wildman–Crippen LogP) is 4.14. The van der Waals surface area contributed by atoms with Crippen molar-refractivity contribution < 1.29 is 23.7 Å². The van der Waals surface area contributed by atoms with Crippen LogP contribution in [0.4, 0.5) is 0 Å². The van der Waals surface area contributed by atoms with Crippen LogP contribution in [0, 0.1) is 6.92 Å². The summed E-state index contributed by atoms with van der Waals surface area (Å²) in [6.07, 6.45) is 0. The summed E-state index contributed by atoms with van der Waals surface area (Å²) < 4.78 is 23.1. The molecule has 1 fully saturated rings. The van der Waals surface area contributed by atoms with Crippen LogP contribution in [0.5, 0.6) is 5.75 Å². The third-order valence-corrected chi connectivity index (χ3v) is 4.92. The van der Waals surface area contributed by atoms with Crippen molar-refractivity contribution in [1.82, 2.24) is 0 Å². The Bertz CT molecular complexity index is 801. The molecule has 0 saturated carbocycles. The Morgan fingerprint density at radius 3 is 2.67 bits per heavy atom. The van der Waals surface area contributed by atoms with Gasteiger partial charge in [-0.1, -0.05) is 34.1 Å². The largest absolute Gasteiger partial charge is 0.489 e. The van der Waals surface area contributed by atoms with Gasteiger partial charge in [0.15, 0.2) is 0 Å². The van der Waals surface area contributed by atoms with Crippen LogP contribution in [0.1, 0.15) is 23.6 Å². The summed E-state index contributed by atoms with van der Waals surface area (Å²) in [5, 5.41) is 0. The molecule has 2 aromatic carbocycles. The number of halogens is 1. The van der Waals surface area contributed by atoms with Crippen molar-refractivity contribution in [2.24, 2.45) is 0 Å². The molecule has 0 atom stereocenters. The Kier molecular flexibility index (Phi) is 6.52. The summed E-state index contributed by atoms with van der Waals surface area (Å²) in [4.78, 5) is 11.6. The second-order valence-corrected chi connectivity index (χ2v) is 7.39. The van der Waals surface area contributed by atoms with Crippen LogP contribution in [0.2, 0.25) is 0 Å². The zero-order valence-electron chi connectivity index (χ0n) is 15.5. The van der Waals surface area contributed by atoms with Crippen molar-refractivity contribution in [1.29, 1.82) is 0 Å². The molecule has 0 N–H and O–H groups in total. The topological polar surface area (TPSA) is 54.0 Å². The maximum atomic E-state index is 11.6. The first kappa shape index (κ1) is 19.9. The Labute approximate surface area is 167 Å². The fraction of sp³-hybridized carbons (Fsp3) is 0.381. The summed E-state index contributed by atoms with van der Waals surface area (Å²) >= 11 is 3.47. The van der Waals surface area contributed by atoms with Gasteiger partial charge >= 0.3 is 5.97 Å². The van der Waals surface area contributed by atoms with Crippen LogP contribution in [0.25, 0.3) is 0 Å². The standard InChI is InChI=1S/C21H23BrO5/c1-3-25-20(23)12-27-21(13-24-14-21)19-8-7-18(9-15(19)2)26-11-16-5-4-6-17(22)10-16/h4-10H,3,11-14H2,1-2H3. The highest BCUT2D eigenvalue weighted by atomic mass is 79.9. The molecule has 0 aliphatic carbocycles. The number of hydrogen-bond acceptors (Lipinski definition) is 5. The molecule has 1 heterocycles. The van der Waals surface area contributed by atoms with Crippen LogP contribution in [-0.2, 0) is 31.2 Å². The monoisotopic (exact) mass is 434 g/mol. The lowest BCUT2D eigenvalue weighted by Gasteiger charge is -2.42. The van der Waals surface area contributed by atoms with Gasteiger partial charge in [-0.25, -0.2) is 4.79 Å². The molecule has 144 valence electrons. The number of aryl methyl sites for hydroxylation is 1. The SMILES string of the molecule is CCOC(=O)COC1(c2ccc(OCc3cccc(Br)c3)cc2C)COC1. The van der Waals surface area contributed by atoms with Crippen molar-refractivity contribution >= 4 is 21.9 Å². The Morgan fingerprint density at radius 1 is 1.22 bits per heavy atom. The van der Waals surface area contributed by atoms with Gasteiger partial charge in [-0.15, -0.1) is 0 Å². The minimum absolute atomic E-state index is 0.0855. The lowest BCUT2D eigenvalue weighted by molar-refractivity contribution is -0.221. The van der Waals surface area contributed by atoms with Crippen LogP contribution < -0.4 is 4.74 Å². The summed E-state index contributed by atoms with van der Waals surface area (Å²) in [6.45, 7) is 5.38. The number of benzene rings is 2. The average Bonchev–Trinajstić information content (AvgIpc) is 2.60. The van der Waals surface area contributed by atoms with Gasteiger partial charge in [-0.2, -0.15) is 0 Å². The minimum atomic E-state index is -0.598. The van der Waals surface area contributed by atoms with Crippen LogP contribution in [0.15, 0.2) is 46.9 Å². The van der Waals surface area contributed by atoms with Gasteiger partial charge < -0.3 is 18.9 Å². The summed E-state index contributed by atoms with van der Waals surface area (Å²) in [5.41, 5.74) is 2.54. The molecule has 0 radical (unpaired) electrons. The molecule has 0 amide bonds. The van der Waals surface area contributed by atoms with Crippen LogP contribution >= 0.6 is 15.9 Å². The van der Waals surface area contributed by atoms with E-state index in [0.717, 1.165) is 26.9 Å². The van der Waals surface area contributed by atoms with Gasteiger partial charge in [-0.3, -0.25) is 0 Å². The molecular formula is C21H23BrO5. The van der Waals surface area contributed by atoms with Gasteiger partial charge in [-0.05, 0) is 54.8 Å². The van der Waals surface area contributed by atoms with Crippen molar-refractivity contribution in [2.45, 2.75) is 26.1 Å². The molecule has 1 saturated heterocycles. The predicted molar refractivity (Wildman–Crippen MR) is 105 cm³/mol. The van der Waals surface area contributed by atoms with Crippen molar-refractivity contribution in [3.63, 3.8) is 0 Å². The van der Waals surface area contributed by atoms with Gasteiger partial charge in [0.2, 0.25) is 0 Å². The summed E-state index contributed by atoms with van der Waals surface area (Å²) in [7, 11) is 0. The van der Waals surface area contributed by atoms with E-state index >= 15 is 0 Å². The molecule has 1 aliphatic rings. The molecule has 5 nitrogen and oxygen atoms in total. The van der Waals surface area contributed by atoms with E-state index < -0.39 is 5.60 Å². The Balaban J connectivity index is 1.67. The highest BCUT2D eigenvalue weighted by molar-refractivity contribution is 9.10. The molecule has 3 rings (SSSR count). The van der Waals surface area contributed by atoms with E-state index in [0.29, 0.717) is 26.4 Å². The second-order valence-electron chi connectivity index (χ2n) is 6.48. The third-order valence-electron chi connectivity index (χ3n) is 4.43. The first-order valence-corrected chi connectivity index (χ1v) is 9.67. The van der Waals surface area contributed by atoms with E-state index in [1.54, 1.807) is 6.92 Å². The smallest absolute Gasteiger partial charge is 0.332 e. The molecule has 27 heavy (non-hydrogen) atoms. The number of rotatable bonds is 8. The van der Waals surface area contributed by atoms with Crippen molar-refractivity contribution in [2.75, 3.05) is 26.4 Å². The first-order chi connectivity index (χ1) is 13.0. The van der Waals surface area contributed by atoms with E-state index in [2.05, 4.69) is 15.9 Å². The van der Waals surface area contributed by atoms with E-state index in [1.807, 2.05) is 49.4 Å². The third kappa shape index (κ3) is 4.89. The quantitative estimate of drug-likeness (QED) is 0.584. The van der Waals surface area contributed by atoms with Crippen LogP contribution in [0.3, 0.4) is 0 Å². The minimum Gasteiger partial charge on any atom is -0.489 e. The zero-order valence-corrected chi connectivity index (χ0v) is 17.1. The fourth-order valence-corrected chi connectivity index (χ4v) is 3.48. The van der Waals surface area contributed by atoms with Gasteiger partial charge in [0.1, 0.15) is 24.6 Å². The average molecular weight is 435 g/mol. The zero-order chi connectivity index (χ0) is 19.3. The van der Waals surface area contributed by atoms with E-state index in [1.165, 1.54) is 0 Å².